The highest BCUT2D eigenvalue weighted by Crippen LogP contribution is 2.06. The first-order chi connectivity index (χ1) is 6.02. The first-order valence-corrected chi connectivity index (χ1v) is 6.84. The first-order valence-electron chi connectivity index (χ1n) is 3.46. The molecule has 0 aliphatic rings. The number of hydrogen-bond donors (Lipinski definition) is 1. The van der Waals surface area contributed by atoms with E-state index in [1.165, 1.54) is 0 Å². The molecule has 1 rings (SSSR count). The van der Waals surface area contributed by atoms with E-state index < -0.39 is 18.9 Å². The molecule has 0 radical (unpaired) electrons. The van der Waals surface area contributed by atoms with E-state index in [2.05, 4.69) is 0 Å². The minimum atomic E-state index is -3.70. The highest BCUT2D eigenvalue weighted by atomic mass is 33.2. The Morgan fingerprint density at radius 1 is 1.23 bits per heavy atom. The third-order valence-corrected chi connectivity index (χ3v) is 4.48. The Morgan fingerprint density at radius 3 is 2.23 bits per heavy atom. The Balaban J connectivity index is 2.88. The summed E-state index contributed by atoms with van der Waals surface area (Å²) in [7, 11) is -6.01. The van der Waals surface area contributed by atoms with Crippen LogP contribution in [-0.2, 0) is 24.6 Å². The predicted octanol–water partition coefficient (Wildman–Crippen LogP) is 0.139. The van der Waals surface area contributed by atoms with Crippen molar-refractivity contribution in [2.75, 3.05) is 0 Å². The molecule has 0 saturated carbocycles. The van der Waals surface area contributed by atoms with Crippen molar-refractivity contribution < 1.29 is 12.6 Å². The standard InChI is InChI=1S/C7H9NO3S2/c8-12(9)13(10,11)6-7-4-2-1-3-5-7/h1-5H,6,8H2. The van der Waals surface area contributed by atoms with E-state index in [-0.39, 0.29) is 5.75 Å². The van der Waals surface area contributed by atoms with Gasteiger partial charge in [0.1, 0.15) is 0 Å². The van der Waals surface area contributed by atoms with Gasteiger partial charge in [0.2, 0.25) is 18.9 Å². The van der Waals surface area contributed by atoms with Gasteiger partial charge in [0.25, 0.3) is 0 Å². The fraction of sp³-hybridized carbons (Fsp3) is 0.143. The normalized spacial score (nSPS) is 13.9. The topological polar surface area (TPSA) is 77.2 Å². The molecule has 1 aromatic rings. The van der Waals surface area contributed by atoms with Gasteiger partial charge in [-0.2, -0.15) is 0 Å². The van der Waals surface area contributed by atoms with Crippen LogP contribution in [0.25, 0.3) is 0 Å². The molecule has 0 aliphatic heterocycles. The van der Waals surface area contributed by atoms with Crippen molar-refractivity contribution in [1.82, 2.24) is 0 Å². The summed E-state index contributed by atoms with van der Waals surface area (Å²) >= 11 is 0. The van der Waals surface area contributed by atoms with Gasteiger partial charge in [-0.3, -0.25) is 0 Å². The average Bonchev–Trinajstić information content (AvgIpc) is 2.05. The van der Waals surface area contributed by atoms with Crippen LogP contribution in [0, 0.1) is 0 Å². The lowest BCUT2D eigenvalue weighted by Crippen LogP contribution is -2.17. The fourth-order valence-corrected chi connectivity index (χ4v) is 2.31. The lowest BCUT2D eigenvalue weighted by molar-refractivity contribution is 0.605. The quantitative estimate of drug-likeness (QED) is 0.734. The van der Waals surface area contributed by atoms with Gasteiger partial charge in [-0.15, -0.1) is 0 Å². The summed E-state index contributed by atoms with van der Waals surface area (Å²) in [5.74, 6) is -0.281. The summed E-state index contributed by atoms with van der Waals surface area (Å²) in [6.07, 6.45) is 0. The smallest absolute Gasteiger partial charge is 0.238 e. The molecular weight excluding hydrogens is 210 g/mol. The summed E-state index contributed by atoms with van der Waals surface area (Å²) < 4.78 is 32.7. The summed E-state index contributed by atoms with van der Waals surface area (Å²) in [5, 5.41) is 4.80. The van der Waals surface area contributed by atoms with Crippen LogP contribution >= 0.6 is 0 Å². The minimum Gasteiger partial charge on any atom is -0.238 e. The molecule has 0 amide bonds. The third kappa shape index (κ3) is 2.91. The van der Waals surface area contributed by atoms with Crippen LogP contribution in [-0.4, -0.2) is 12.6 Å². The van der Waals surface area contributed by atoms with Gasteiger partial charge >= 0.3 is 0 Å². The number of nitrogens with two attached hydrogens (primary N) is 1. The highest BCUT2D eigenvalue weighted by molar-refractivity contribution is 8.63. The van der Waals surface area contributed by atoms with Crippen molar-refractivity contribution in [3.63, 3.8) is 0 Å². The monoisotopic (exact) mass is 219 g/mol. The second-order valence-corrected chi connectivity index (χ2v) is 6.88. The van der Waals surface area contributed by atoms with Crippen LogP contribution in [0.15, 0.2) is 30.3 Å². The molecule has 13 heavy (non-hydrogen) atoms. The van der Waals surface area contributed by atoms with Crippen molar-refractivity contribution in [3.8, 4) is 0 Å². The molecule has 0 bridgehead atoms. The molecule has 0 heterocycles. The molecule has 0 fully saturated rings. The van der Waals surface area contributed by atoms with E-state index in [4.69, 9.17) is 5.14 Å². The van der Waals surface area contributed by atoms with Gasteiger partial charge < -0.3 is 0 Å². The number of hydrogen-bond acceptors (Lipinski definition) is 3. The Bertz CT molecular complexity index is 399. The molecule has 6 heteroatoms. The van der Waals surface area contributed by atoms with E-state index in [1.54, 1.807) is 30.3 Å². The van der Waals surface area contributed by atoms with Crippen LogP contribution in [0.3, 0.4) is 0 Å². The van der Waals surface area contributed by atoms with Crippen molar-refractivity contribution in [2.45, 2.75) is 5.75 Å². The van der Waals surface area contributed by atoms with Gasteiger partial charge in [-0.05, 0) is 5.56 Å². The van der Waals surface area contributed by atoms with Gasteiger partial charge in [0.15, 0.2) is 0 Å². The lowest BCUT2D eigenvalue weighted by atomic mass is 10.2. The predicted molar refractivity (Wildman–Crippen MR) is 51.4 cm³/mol. The molecule has 0 saturated heterocycles. The van der Waals surface area contributed by atoms with Crippen LogP contribution in [0.2, 0.25) is 0 Å². The van der Waals surface area contributed by atoms with E-state index >= 15 is 0 Å². The van der Waals surface area contributed by atoms with E-state index in [0.29, 0.717) is 5.56 Å². The Morgan fingerprint density at radius 2 is 1.77 bits per heavy atom. The van der Waals surface area contributed by atoms with Gasteiger partial charge in [-0.1, -0.05) is 30.3 Å². The molecule has 1 unspecified atom stereocenters. The van der Waals surface area contributed by atoms with Crippen LogP contribution < -0.4 is 5.14 Å². The van der Waals surface area contributed by atoms with Crippen LogP contribution in [0.1, 0.15) is 5.56 Å². The Kier molecular flexibility index (Phi) is 3.18. The SMILES string of the molecule is NS(=O)S(=O)(=O)Cc1ccccc1. The zero-order valence-electron chi connectivity index (χ0n) is 6.71. The third-order valence-electron chi connectivity index (χ3n) is 1.44. The number of rotatable bonds is 3. The second-order valence-electron chi connectivity index (χ2n) is 2.45. The van der Waals surface area contributed by atoms with Crippen molar-refractivity contribution in [3.05, 3.63) is 35.9 Å². The molecule has 4 nitrogen and oxygen atoms in total. The zero-order valence-corrected chi connectivity index (χ0v) is 8.35. The molecule has 1 aromatic carbocycles. The first kappa shape index (κ1) is 10.4. The molecule has 0 aromatic heterocycles. The molecule has 2 N–H and O–H groups in total. The van der Waals surface area contributed by atoms with Gasteiger partial charge in [0.05, 0.1) is 5.75 Å². The molecule has 0 spiro atoms. The minimum absolute atomic E-state index is 0.281. The van der Waals surface area contributed by atoms with Crippen LogP contribution in [0.5, 0.6) is 0 Å². The average molecular weight is 219 g/mol. The van der Waals surface area contributed by atoms with Crippen molar-refractivity contribution in [1.29, 1.82) is 0 Å². The zero-order chi connectivity index (χ0) is 9.90. The van der Waals surface area contributed by atoms with E-state index in [0.717, 1.165) is 0 Å². The van der Waals surface area contributed by atoms with Gasteiger partial charge in [-0.25, -0.2) is 17.8 Å². The van der Waals surface area contributed by atoms with E-state index in [9.17, 15) is 12.6 Å². The fourth-order valence-electron chi connectivity index (χ4n) is 0.836. The van der Waals surface area contributed by atoms with Crippen molar-refractivity contribution >= 4 is 18.9 Å². The summed E-state index contributed by atoms with van der Waals surface area (Å²) in [5.41, 5.74) is 0.585. The summed E-state index contributed by atoms with van der Waals surface area (Å²) in [6, 6.07) is 8.49. The van der Waals surface area contributed by atoms with Crippen molar-refractivity contribution in [2.24, 2.45) is 5.14 Å². The van der Waals surface area contributed by atoms with Gasteiger partial charge in [0, 0.05) is 0 Å². The molecule has 0 aliphatic carbocycles. The largest absolute Gasteiger partial charge is 0.247 e. The molecule has 1 atom stereocenters. The number of benzene rings is 1. The molecule has 72 valence electrons. The molecular formula is C7H9NO3S2. The van der Waals surface area contributed by atoms with Crippen LogP contribution in [0.4, 0.5) is 0 Å². The van der Waals surface area contributed by atoms with E-state index in [1.807, 2.05) is 0 Å². The highest BCUT2D eigenvalue weighted by Gasteiger charge is 2.16. The maximum Gasteiger partial charge on any atom is 0.247 e. The summed E-state index contributed by atoms with van der Waals surface area (Å²) in [6.45, 7) is 0. The maximum absolute atomic E-state index is 11.1. The summed E-state index contributed by atoms with van der Waals surface area (Å²) in [4.78, 5) is 0. The lowest BCUT2D eigenvalue weighted by Gasteiger charge is -1.99. The Labute approximate surface area is 78.7 Å². The maximum atomic E-state index is 11.1. The second kappa shape index (κ2) is 3.99. The Hall–Kier alpha value is -0.720.